The molecule has 0 bridgehead atoms. The Morgan fingerprint density at radius 1 is 1.00 bits per heavy atom. The van der Waals surface area contributed by atoms with Crippen LogP contribution in [0, 0.1) is 0 Å². The summed E-state index contributed by atoms with van der Waals surface area (Å²) < 4.78 is 43.5. The van der Waals surface area contributed by atoms with Gasteiger partial charge in [-0.2, -0.15) is 0 Å². The third-order valence-corrected chi connectivity index (χ3v) is 6.34. The van der Waals surface area contributed by atoms with Gasteiger partial charge >= 0.3 is 6.36 Å². The predicted molar refractivity (Wildman–Crippen MR) is 126 cm³/mol. The van der Waals surface area contributed by atoms with E-state index >= 15 is 0 Å². The Morgan fingerprint density at radius 3 is 2.52 bits per heavy atom. The fourth-order valence-corrected chi connectivity index (χ4v) is 4.74. The molecular formula is C25H23Cl2F3N2O. The first-order valence-corrected chi connectivity index (χ1v) is 11.4. The molecule has 0 aromatic heterocycles. The Balaban J connectivity index is 1.61. The minimum atomic E-state index is -4.78. The molecule has 3 aromatic rings. The van der Waals surface area contributed by atoms with Gasteiger partial charge in [0.2, 0.25) is 0 Å². The van der Waals surface area contributed by atoms with Gasteiger partial charge in [0.1, 0.15) is 5.75 Å². The second-order valence-electron chi connectivity index (χ2n) is 7.99. The number of hydrogen-bond acceptors (Lipinski definition) is 3. The summed E-state index contributed by atoms with van der Waals surface area (Å²) in [5, 5.41) is 7.79. The number of hydrogen-bond donors (Lipinski definition) is 2. The van der Waals surface area contributed by atoms with Crippen molar-refractivity contribution in [3.8, 4) is 16.9 Å². The average Bonchev–Trinajstić information content (AvgIpc) is 2.78. The average molecular weight is 495 g/mol. The normalized spacial score (nSPS) is 18.8. The molecule has 1 heterocycles. The van der Waals surface area contributed by atoms with E-state index in [1.807, 2.05) is 18.2 Å². The van der Waals surface area contributed by atoms with Crippen LogP contribution in [0.5, 0.6) is 5.75 Å². The van der Waals surface area contributed by atoms with Crippen LogP contribution in [0.3, 0.4) is 0 Å². The zero-order chi connectivity index (χ0) is 23.4. The first-order valence-electron chi connectivity index (χ1n) is 10.6. The van der Waals surface area contributed by atoms with Crippen molar-refractivity contribution in [1.82, 2.24) is 10.6 Å². The molecule has 0 unspecified atom stereocenters. The van der Waals surface area contributed by atoms with Crippen molar-refractivity contribution in [3.05, 3.63) is 87.9 Å². The van der Waals surface area contributed by atoms with Crippen molar-refractivity contribution in [2.75, 3.05) is 13.1 Å². The Morgan fingerprint density at radius 2 is 1.79 bits per heavy atom. The lowest BCUT2D eigenvalue weighted by molar-refractivity contribution is -0.274. The molecular weight excluding hydrogens is 472 g/mol. The van der Waals surface area contributed by atoms with Gasteiger partial charge in [-0.1, -0.05) is 65.7 Å². The summed E-state index contributed by atoms with van der Waals surface area (Å²) in [5.74, 6) is -0.0186. The van der Waals surface area contributed by atoms with Crippen molar-refractivity contribution >= 4 is 23.2 Å². The van der Waals surface area contributed by atoms with Crippen LogP contribution in [-0.2, 0) is 6.54 Å². The molecule has 0 aliphatic carbocycles. The molecule has 4 rings (SSSR count). The van der Waals surface area contributed by atoms with E-state index in [2.05, 4.69) is 27.5 Å². The highest BCUT2D eigenvalue weighted by atomic mass is 35.5. The molecule has 1 saturated heterocycles. The second-order valence-corrected chi connectivity index (χ2v) is 8.84. The number of alkyl halides is 3. The van der Waals surface area contributed by atoms with Crippen molar-refractivity contribution in [3.63, 3.8) is 0 Å². The van der Waals surface area contributed by atoms with E-state index in [-0.39, 0.29) is 24.3 Å². The number of ether oxygens (including phenoxy) is 1. The number of nitrogens with one attached hydrogen (secondary N) is 2. The molecule has 0 amide bonds. The summed E-state index contributed by atoms with van der Waals surface area (Å²) in [7, 11) is 0. The summed E-state index contributed by atoms with van der Waals surface area (Å²) in [4.78, 5) is 0. The van der Waals surface area contributed by atoms with E-state index in [1.165, 1.54) is 11.6 Å². The van der Waals surface area contributed by atoms with E-state index < -0.39 is 6.36 Å². The summed E-state index contributed by atoms with van der Waals surface area (Å²) in [6, 6.07) is 19.9. The molecule has 1 aliphatic rings. The summed E-state index contributed by atoms with van der Waals surface area (Å²) in [5.41, 5.74) is 2.97. The lowest BCUT2D eigenvalue weighted by atomic mass is 9.86. The molecule has 33 heavy (non-hydrogen) atoms. The Bertz CT molecular complexity index is 1090. The summed E-state index contributed by atoms with van der Waals surface area (Å²) >= 11 is 12.3. The van der Waals surface area contributed by atoms with Crippen molar-refractivity contribution in [1.29, 1.82) is 0 Å². The van der Waals surface area contributed by atoms with Crippen LogP contribution < -0.4 is 15.4 Å². The number of piperidine rings is 1. The van der Waals surface area contributed by atoms with Gasteiger partial charge in [0, 0.05) is 46.2 Å². The van der Waals surface area contributed by atoms with Crippen LogP contribution in [0.25, 0.3) is 11.1 Å². The largest absolute Gasteiger partial charge is 0.573 e. The molecule has 0 saturated carbocycles. The number of benzene rings is 3. The molecule has 2 atom stereocenters. The van der Waals surface area contributed by atoms with Gasteiger partial charge in [-0.05, 0) is 48.4 Å². The maximum atomic E-state index is 13.0. The first-order chi connectivity index (χ1) is 15.8. The summed E-state index contributed by atoms with van der Waals surface area (Å²) in [6.07, 6.45) is -3.92. The minimum absolute atomic E-state index is 0.107. The van der Waals surface area contributed by atoms with E-state index in [0.29, 0.717) is 26.7 Å². The SMILES string of the molecule is FC(F)(F)Oc1ccc(-c2ccc(Cl)cc2Cl)cc1CN[C@H]1CCNC[C@H]1c1ccccc1. The molecule has 1 fully saturated rings. The minimum Gasteiger partial charge on any atom is -0.405 e. The zero-order valence-corrected chi connectivity index (χ0v) is 19.1. The van der Waals surface area contributed by atoms with Gasteiger partial charge in [0.05, 0.1) is 0 Å². The first kappa shape index (κ1) is 23.9. The highest BCUT2D eigenvalue weighted by molar-refractivity contribution is 6.36. The molecule has 0 radical (unpaired) electrons. The monoisotopic (exact) mass is 494 g/mol. The van der Waals surface area contributed by atoms with Gasteiger partial charge in [-0.25, -0.2) is 0 Å². The van der Waals surface area contributed by atoms with E-state index in [1.54, 1.807) is 30.3 Å². The van der Waals surface area contributed by atoms with Gasteiger partial charge in [-0.15, -0.1) is 13.2 Å². The smallest absolute Gasteiger partial charge is 0.405 e. The standard InChI is InChI=1S/C25H23Cl2F3N2O/c26-19-7-8-20(22(27)13-19)17-6-9-24(33-25(28,29)30)18(12-17)14-32-23-10-11-31-15-21(23)16-4-2-1-3-5-16/h1-9,12-13,21,23,31-32H,10-11,14-15H2/t21-,23-/m0/s1. The molecule has 1 aliphatic heterocycles. The Hall–Kier alpha value is -2.25. The van der Waals surface area contributed by atoms with Crippen LogP contribution >= 0.6 is 23.2 Å². The van der Waals surface area contributed by atoms with E-state index in [0.717, 1.165) is 19.5 Å². The predicted octanol–water partition coefficient (Wildman–Crippen LogP) is 6.79. The van der Waals surface area contributed by atoms with Crippen molar-refractivity contribution in [2.24, 2.45) is 0 Å². The highest BCUT2D eigenvalue weighted by Gasteiger charge is 2.32. The molecule has 0 spiro atoms. The lowest BCUT2D eigenvalue weighted by Crippen LogP contribution is -2.45. The lowest BCUT2D eigenvalue weighted by Gasteiger charge is -2.33. The fraction of sp³-hybridized carbons (Fsp3) is 0.280. The quantitative estimate of drug-likeness (QED) is 0.395. The topological polar surface area (TPSA) is 33.3 Å². The fourth-order valence-electron chi connectivity index (χ4n) is 4.23. The van der Waals surface area contributed by atoms with Crippen molar-refractivity contribution in [2.45, 2.75) is 31.3 Å². The zero-order valence-electron chi connectivity index (χ0n) is 17.6. The third-order valence-electron chi connectivity index (χ3n) is 5.79. The van der Waals surface area contributed by atoms with Crippen molar-refractivity contribution < 1.29 is 17.9 Å². The van der Waals surface area contributed by atoms with Gasteiger partial charge in [-0.3, -0.25) is 0 Å². The Kier molecular flexibility index (Phi) is 7.49. The van der Waals surface area contributed by atoms with Crippen LogP contribution in [0.4, 0.5) is 13.2 Å². The molecule has 3 aromatic carbocycles. The Labute approximate surface area is 200 Å². The summed E-state index contributed by atoms with van der Waals surface area (Å²) in [6.45, 7) is 1.86. The van der Waals surface area contributed by atoms with Gasteiger partial charge in [0.25, 0.3) is 0 Å². The van der Waals surface area contributed by atoms with Gasteiger partial charge in [0.15, 0.2) is 0 Å². The second kappa shape index (κ2) is 10.3. The molecule has 8 heteroatoms. The number of halogens is 5. The van der Waals surface area contributed by atoms with Crippen LogP contribution in [0.1, 0.15) is 23.5 Å². The van der Waals surface area contributed by atoms with Gasteiger partial charge < -0.3 is 15.4 Å². The number of rotatable bonds is 6. The third kappa shape index (κ3) is 6.21. The van der Waals surface area contributed by atoms with E-state index in [9.17, 15) is 13.2 Å². The molecule has 3 nitrogen and oxygen atoms in total. The molecule has 174 valence electrons. The molecule has 2 N–H and O–H groups in total. The van der Waals surface area contributed by atoms with E-state index in [4.69, 9.17) is 23.2 Å². The van der Waals surface area contributed by atoms with Crippen LogP contribution in [-0.4, -0.2) is 25.5 Å². The maximum absolute atomic E-state index is 13.0. The van der Waals surface area contributed by atoms with Crippen LogP contribution in [0.2, 0.25) is 10.0 Å². The van der Waals surface area contributed by atoms with Crippen LogP contribution in [0.15, 0.2) is 66.7 Å². The highest BCUT2D eigenvalue weighted by Crippen LogP contribution is 2.35. The maximum Gasteiger partial charge on any atom is 0.573 e.